The van der Waals surface area contributed by atoms with Crippen molar-refractivity contribution >= 4 is 23.1 Å². The first-order valence-electron chi connectivity index (χ1n) is 7.79. The number of carbonyl (C=O) groups excluding carboxylic acids is 2. The zero-order valence-electron chi connectivity index (χ0n) is 14.1. The molecule has 26 heavy (non-hydrogen) atoms. The van der Waals surface area contributed by atoms with E-state index < -0.39 is 17.5 Å². The lowest BCUT2D eigenvalue weighted by Gasteiger charge is -2.08. The van der Waals surface area contributed by atoms with Gasteiger partial charge in [0, 0.05) is 25.3 Å². The van der Waals surface area contributed by atoms with E-state index in [-0.39, 0.29) is 22.7 Å². The van der Waals surface area contributed by atoms with E-state index in [4.69, 9.17) is 9.47 Å². The largest absolute Gasteiger partial charge is 0.454 e. The van der Waals surface area contributed by atoms with E-state index in [1.165, 1.54) is 19.2 Å². The number of benzene rings is 2. The number of nitrogens with zero attached hydrogens (tertiary/aromatic N) is 1. The van der Waals surface area contributed by atoms with Crippen LogP contribution in [0.25, 0.3) is 0 Å². The predicted octanol–water partition coefficient (Wildman–Crippen LogP) is 2.69. The maximum absolute atomic E-state index is 12.1. The Bertz CT molecular complexity index is 792. The second-order valence-electron chi connectivity index (χ2n) is 5.27. The van der Waals surface area contributed by atoms with E-state index in [1.807, 2.05) is 0 Å². The van der Waals surface area contributed by atoms with Crippen molar-refractivity contribution in [3.8, 4) is 0 Å². The number of carbonyl (C=O) groups is 2. The monoisotopic (exact) mass is 358 g/mol. The van der Waals surface area contributed by atoms with Crippen LogP contribution < -0.4 is 5.32 Å². The summed E-state index contributed by atoms with van der Waals surface area (Å²) >= 11 is 0. The summed E-state index contributed by atoms with van der Waals surface area (Å²) in [5, 5.41) is 14.1. The van der Waals surface area contributed by atoms with Crippen LogP contribution in [0.1, 0.15) is 20.7 Å². The van der Waals surface area contributed by atoms with Crippen molar-refractivity contribution < 1.29 is 24.0 Å². The molecule has 2 aromatic rings. The van der Waals surface area contributed by atoms with Crippen LogP contribution in [0.2, 0.25) is 0 Å². The van der Waals surface area contributed by atoms with Crippen molar-refractivity contribution in [2.45, 2.75) is 0 Å². The molecule has 1 N–H and O–H groups in total. The molecule has 0 saturated heterocycles. The first-order valence-corrected chi connectivity index (χ1v) is 7.79. The van der Waals surface area contributed by atoms with E-state index >= 15 is 0 Å². The fraction of sp³-hybridized carbons (Fsp3) is 0.222. The molecule has 0 atom stereocenters. The number of nitro benzene ring substituents is 1. The Morgan fingerprint density at radius 2 is 1.85 bits per heavy atom. The molecule has 8 nitrogen and oxygen atoms in total. The molecule has 0 fully saturated rings. The van der Waals surface area contributed by atoms with Crippen molar-refractivity contribution in [3.05, 3.63) is 69.8 Å². The molecular formula is C18H18N2O6. The number of ketones is 1. The van der Waals surface area contributed by atoms with Gasteiger partial charge in [0.25, 0.3) is 5.69 Å². The number of nitrogens with one attached hydrogen (secondary N) is 1. The van der Waals surface area contributed by atoms with Gasteiger partial charge in [0.2, 0.25) is 0 Å². The number of esters is 1. The normalized spacial score (nSPS) is 10.2. The van der Waals surface area contributed by atoms with Crippen molar-refractivity contribution in [1.29, 1.82) is 0 Å². The molecule has 0 bridgehead atoms. The lowest BCUT2D eigenvalue weighted by molar-refractivity contribution is -0.384. The average Bonchev–Trinajstić information content (AvgIpc) is 2.66. The fourth-order valence-electron chi connectivity index (χ4n) is 2.17. The summed E-state index contributed by atoms with van der Waals surface area (Å²) in [4.78, 5) is 34.7. The molecule has 136 valence electrons. The number of ether oxygens (including phenoxy) is 2. The van der Waals surface area contributed by atoms with Gasteiger partial charge in [-0.3, -0.25) is 14.9 Å². The Labute approximate surface area is 149 Å². The molecule has 0 aliphatic carbocycles. The molecule has 0 heterocycles. The number of methoxy groups -OCH3 is 1. The van der Waals surface area contributed by atoms with Crippen LogP contribution in [-0.4, -0.2) is 43.5 Å². The quantitative estimate of drug-likeness (QED) is 0.241. The van der Waals surface area contributed by atoms with E-state index in [1.54, 1.807) is 30.3 Å². The molecular weight excluding hydrogens is 340 g/mol. The van der Waals surface area contributed by atoms with Crippen molar-refractivity contribution in [1.82, 2.24) is 0 Å². The number of hydrogen-bond donors (Lipinski definition) is 1. The van der Waals surface area contributed by atoms with Gasteiger partial charge in [0.05, 0.1) is 17.1 Å². The summed E-state index contributed by atoms with van der Waals surface area (Å²) in [6, 6.07) is 12.3. The van der Waals surface area contributed by atoms with Gasteiger partial charge in [-0.15, -0.1) is 0 Å². The van der Waals surface area contributed by atoms with Crippen molar-refractivity contribution in [2.24, 2.45) is 0 Å². The maximum Gasteiger partial charge on any atom is 0.338 e. The summed E-state index contributed by atoms with van der Waals surface area (Å²) in [6.07, 6.45) is 0. The third-order valence-corrected chi connectivity index (χ3v) is 3.48. The zero-order valence-corrected chi connectivity index (χ0v) is 14.1. The van der Waals surface area contributed by atoms with Crippen LogP contribution in [0.15, 0.2) is 48.5 Å². The fourth-order valence-corrected chi connectivity index (χ4v) is 2.17. The van der Waals surface area contributed by atoms with Crippen LogP contribution in [0.3, 0.4) is 0 Å². The molecule has 0 aliphatic rings. The molecule has 2 rings (SSSR count). The van der Waals surface area contributed by atoms with Crippen LogP contribution in [0.5, 0.6) is 0 Å². The first kappa shape index (κ1) is 19.1. The van der Waals surface area contributed by atoms with Crippen LogP contribution in [0, 0.1) is 10.1 Å². The van der Waals surface area contributed by atoms with Gasteiger partial charge in [-0.2, -0.15) is 0 Å². The summed E-state index contributed by atoms with van der Waals surface area (Å²) in [6.45, 7) is 0.319. The van der Waals surface area contributed by atoms with Gasteiger partial charge in [0.1, 0.15) is 5.69 Å². The van der Waals surface area contributed by atoms with Gasteiger partial charge < -0.3 is 14.8 Å². The standard InChI is InChI=1S/C18H18N2O6/c1-25-10-9-19-15-8-7-14(11-16(15)20(23)24)18(22)26-12-17(21)13-5-3-2-4-6-13/h2-8,11,19H,9-10,12H2,1H3. The molecule has 0 amide bonds. The molecule has 0 radical (unpaired) electrons. The van der Waals surface area contributed by atoms with E-state index in [2.05, 4.69) is 5.32 Å². The number of nitro groups is 1. The lowest BCUT2D eigenvalue weighted by Crippen LogP contribution is -2.15. The zero-order chi connectivity index (χ0) is 18.9. The summed E-state index contributed by atoms with van der Waals surface area (Å²) < 4.78 is 9.84. The molecule has 2 aromatic carbocycles. The Balaban J connectivity index is 2.05. The molecule has 0 saturated carbocycles. The Morgan fingerprint density at radius 3 is 2.50 bits per heavy atom. The highest BCUT2D eigenvalue weighted by Crippen LogP contribution is 2.25. The molecule has 0 unspecified atom stereocenters. The molecule has 8 heteroatoms. The van der Waals surface area contributed by atoms with Gasteiger partial charge in [-0.1, -0.05) is 30.3 Å². The number of Topliss-reactive ketones (excluding diaryl/α,β-unsaturated/α-hetero) is 1. The summed E-state index contributed by atoms with van der Waals surface area (Å²) in [5.74, 6) is -1.16. The second kappa shape index (κ2) is 9.28. The van der Waals surface area contributed by atoms with Crippen LogP contribution in [0.4, 0.5) is 11.4 Å². The summed E-state index contributed by atoms with van der Waals surface area (Å²) in [5.41, 5.74) is 0.424. The molecule has 0 spiro atoms. The molecule has 0 aromatic heterocycles. The van der Waals surface area contributed by atoms with Gasteiger partial charge in [-0.25, -0.2) is 4.79 Å². The number of anilines is 1. The van der Waals surface area contributed by atoms with E-state index in [9.17, 15) is 19.7 Å². The molecule has 0 aliphatic heterocycles. The van der Waals surface area contributed by atoms with Crippen molar-refractivity contribution in [2.75, 3.05) is 32.2 Å². The van der Waals surface area contributed by atoms with Crippen LogP contribution in [-0.2, 0) is 9.47 Å². The highest BCUT2D eigenvalue weighted by Gasteiger charge is 2.19. The minimum absolute atomic E-state index is 0.00477. The third kappa shape index (κ3) is 5.12. The average molecular weight is 358 g/mol. The number of hydrogen-bond acceptors (Lipinski definition) is 7. The topological polar surface area (TPSA) is 108 Å². The Hall–Kier alpha value is -3.26. The third-order valence-electron chi connectivity index (χ3n) is 3.48. The second-order valence-corrected chi connectivity index (χ2v) is 5.27. The van der Waals surface area contributed by atoms with E-state index in [0.717, 1.165) is 6.07 Å². The summed E-state index contributed by atoms with van der Waals surface area (Å²) in [7, 11) is 1.52. The smallest absolute Gasteiger partial charge is 0.338 e. The SMILES string of the molecule is COCCNc1ccc(C(=O)OCC(=O)c2ccccc2)cc1[N+](=O)[O-]. The Morgan fingerprint density at radius 1 is 1.12 bits per heavy atom. The number of rotatable bonds is 9. The van der Waals surface area contributed by atoms with E-state index in [0.29, 0.717) is 18.7 Å². The first-order chi connectivity index (χ1) is 12.5. The maximum atomic E-state index is 12.1. The highest BCUT2D eigenvalue weighted by molar-refractivity contribution is 5.99. The van der Waals surface area contributed by atoms with Crippen LogP contribution >= 0.6 is 0 Å². The van der Waals surface area contributed by atoms with Gasteiger partial charge in [-0.05, 0) is 12.1 Å². The van der Waals surface area contributed by atoms with Gasteiger partial charge in [0.15, 0.2) is 12.4 Å². The highest BCUT2D eigenvalue weighted by atomic mass is 16.6. The lowest BCUT2D eigenvalue weighted by atomic mass is 10.1. The Kier molecular flexibility index (Phi) is 6.81. The minimum Gasteiger partial charge on any atom is -0.454 e. The predicted molar refractivity (Wildman–Crippen MR) is 94.5 cm³/mol. The van der Waals surface area contributed by atoms with Gasteiger partial charge >= 0.3 is 5.97 Å². The minimum atomic E-state index is -0.805. The van der Waals surface area contributed by atoms with Crippen molar-refractivity contribution in [3.63, 3.8) is 0 Å².